The van der Waals surface area contributed by atoms with Gasteiger partial charge in [-0.15, -0.1) is 0 Å². The van der Waals surface area contributed by atoms with E-state index in [2.05, 4.69) is 41.9 Å². The fourth-order valence-corrected chi connectivity index (χ4v) is 2.00. The molecular formula is C11H13BrO. The Balaban J connectivity index is 2.39. The van der Waals surface area contributed by atoms with Crippen LogP contribution in [-0.2, 0) is 6.42 Å². The molecule has 0 N–H and O–H groups in total. The van der Waals surface area contributed by atoms with Gasteiger partial charge in [-0.25, -0.2) is 0 Å². The number of halogens is 1. The van der Waals surface area contributed by atoms with Crippen LogP contribution in [0.1, 0.15) is 19.4 Å². The van der Waals surface area contributed by atoms with Crippen LogP contribution in [0.25, 0.3) is 0 Å². The van der Waals surface area contributed by atoms with Crippen LogP contribution in [0, 0.1) is 0 Å². The zero-order valence-electron chi connectivity index (χ0n) is 7.88. The van der Waals surface area contributed by atoms with E-state index in [4.69, 9.17) is 4.74 Å². The maximum Gasteiger partial charge on any atom is 0.123 e. The molecule has 70 valence electrons. The molecule has 2 heteroatoms. The number of fused-ring (bicyclic) bond motifs is 1. The topological polar surface area (TPSA) is 9.23 Å². The Morgan fingerprint density at radius 1 is 1.38 bits per heavy atom. The lowest BCUT2D eigenvalue weighted by Crippen LogP contribution is -2.42. The summed E-state index contributed by atoms with van der Waals surface area (Å²) in [7, 11) is 0. The molecule has 0 aliphatic carbocycles. The van der Waals surface area contributed by atoms with Crippen molar-refractivity contribution >= 4 is 15.9 Å². The van der Waals surface area contributed by atoms with E-state index in [0.29, 0.717) is 4.83 Å². The van der Waals surface area contributed by atoms with Crippen LogP contribution in [0.2, 0.25) is 0 Å². The molecule has 1 aliphatic rings. The van der Waals surface area contributed by atoms with Gasteiger partial charge in [0.25, 0.3) is 0 Å². The first-order valence-corrected chi connectivity index (χ1v) is 5.42. The normalized spacial score (nSPS) is 24.7. The Labute approximate surface area is 87.2 Å². The first-order chi connectivity index (χ1) is 6.09. The van der Waals surface area contributed by atoms with Gasteiger partial charge in [0.05, 0.1) is 4.83 Å². The summed E-state index contributed by atoms with van der Waals surface area (Å²) >= 11 is 3.65. The largest absolute Gasteiger partial charge is 0.486 e. The second kappa shape index (κ2) is 3.02. The summed E-state index contributed by atoms with van der Waals surface area (Å²) in [5.74, 6) is 1.03. The first-order valence-electron chi connectivity index (χ1n) is 4.50. The molecule has 0 aromatic heterocycles. The lowest BCUT2D eigenvalue weighted by Gasteiger charge is -2.36. The van der Waals surface area contributed by atoms with E-state index in [-0.39, 0.29) is 5.60 Å². The third kappa shape index (κ3) is 1.60. The third-order valence-corrected chi connectivity index (χ3v) is 3.93. The Hall–Kier alpha value is -0.500. The molecule has 0 spiro atoms. The summed E-state index contributed by atoms with van der Waals surface area (Å²) < 4.78 is 5.88. The van der Waals surface area contributed by atoms with Crippen molar-refractivity contribution in [2.24, 2.45) is 0 Å². The molecule has 13 heavy (non-hydrogen) atoms. The van der Waals surface area contributed by atoms with Crippen molar-refractivity contribution < 1.29 is 4.74 Å². The van der Waals surface area contributed by atoms with Gasteiger partial charge in [-0.05, 0) is 31.9 Å². The molecule has 0 saturated heterocycles. The molecule has 1 aromatic carbocycles. The molecule has 1 unspecified atom stereocenters. The van der Waals surface area contributed by atoms with Crippen molar-refractivity contribution in [2.75, 3.05) is 0 Å². The van der Waals surface area contributed by atoms with Crippen LogP contribution in [-0.4, -0.2) is 10.4 Å². The minimum atomic E-state index is -0.103. The van der Waals surface area contributed by atoms with E-state index >= 15 is 0 Å². The molecule has 1 heterocycles. The van der Waals surface area contributed by atoms with E-state index < -0.39 is 0 Å². The van der Waals surface area contributed by atoms with Crippen molar-refractivity contribution in [3.05, 3.63) is 29.8 Å². The highest BCUT2D eigenvalue weighted by molar-refractivity contribution is 9.09. The van der Waals surface area contributed by atoms with Gasteiger partial charge in [0.15, 0.2) is 0 Å². The average molecular weight is 241 g/mol. The highest BCUT2D eigenvalue weighted by Crippen LogP contribution is 2.36. The number of para-hydroxylation sites is 1. The zero-order chi connectivity index (χ0) is 9.47. The summed E-state index contributed by atoms with van der Waals surface area (Å²) in [6.45, 7) is 4.23. The van der Waals surface area contributed by atoms with Crippen molar-refractivity contribution in [3.8, 4) is 5.75 Å². The summed E-state index contributed by atoms with van der Waals surface area (Å²) in [6.07, 6.45) is 1.04. The Morgan fingerprint density at radius 3 is 2.85 bits per heavy atom. The third-order valence-electron chi connectivity index (χ3n) is 2.50. The van der Waals surface area contributed by atoms with Crippen LogP contribution in [0.4, 0.5) is 0 Å². The first kappa shape index (κ1) is 9.07. The molecule has 0 radical (unpaired) electrons. The second-order valence-corrected chi connectivity index (χ2v) is 5.09. The van der Waals surface area contributed by atoms with Crippen LogP contribution < -0.4 is 4.74 Å². The zero-order valence-corrected chi connectivity index (χ0v) is 9.47. The molecular weight excluding hydrogens is 228 g/mol. The maximum absolute atomic E-state index is 5.88. The molecule has 2 rings (SSSR count). The van der Waals surface area contributed by atoms with E-state index in [9.17, 15) is 0 Å². The lowest BCUT2D eigenvalue weighted by molar-refractivity contribution is 0.0935. The highest BCUT2D eigenvalue weighted by atomic mass is 79.9. The molecule has 0 saturated carbocycles. The van der Waals surface area contributed by atoms with Gasteiger partial charge >= 0.3 is 0 Å². The van der Waals surface area contributed by atoms with Gasteiger partial charge in [0.2, 0.25) is 0 Å². The summed E-state index contributed by atoms with van der Waals surface area (Å²) in [5.41, 5.74) is 1.19. The second-order valence-electron chi connectivity index (χ2n) is 3.98. The van der Waals surface area contributed by atoms with Crippen molar-refractivity contribution in [1.82, 2.24) is 0 Å². The number of hydrogen-bond acceptors (Lipinski definition) is 1. The lowest BCUT2D eigenvalue weighted by atomic mass is 9.94. The molecule has 1 atom stereocenters. The predicted octanol–water partition coefficient (Wildman–Crippen LogP) is 3.16. The quantitative estimate of drug-likeness (QED) is 0.634. The smallest absolute Gasteiger partial charge is 0.123 e. The molecule has 0 bridgehead atoms. The monoisotopic (exact) mass is 240 g/mol. The predicted molar refractivity (Wildman–Crippen MR) is 57.6 cm³/mol. The molecule has 0 fully saturated rings. The van der Waals surface area contributed by atoms with Crippen LogP contribution in [0.3, 0.4) is 0 Å². The van der Waals surface area contributed by atoms with Gasteiger partial charge < -0.3 is 4.74 Å². The van der Waals surface area contributed by atoms with Gasteiger partial charge in [-0.2, -0.15) is 0 Å². The summed E-state index contributed by atoms with van der Waals surface area (Å²) in [6, 6.07) is 8.23. The minimum absolute atomic E-state index is 0.103. The fourth-order valence-electron chi connectivity index (χ4n) is 1.56. The number of rotatable bonds is 0. The maximum atomic E-state index is 5.88. The standard InChI is InChI=1S/C11H13BrO/c1-11(2)10(12)7-8-5-3-4-6-9(8)13-11/h3-6,10H,7H2,1-2H3. The molecule has 1 nitrogen and oxygen atoms in total. The van der Waals surface area contributed by atoms with E-state index in [1.54, 1.807) is 0 Å². The molecule has 1 aromatic rings. The summed E-state index contributed by atoms with van der Waals surface area (Å²) in [4.78, 5) is 0.398. The SMILES string of the molecule is CC1(C)Oc2ccccc2CC1Br. The summed E-state index contributed by atoms with van der Waals surface area (Å²) in [5, 5.41) is 0. The Kier molecular flexibility index (Phi) is 2.11. The van der Waals surface area contributed by atoms with Crippen LogP contribution >= 0.6 is 15.9 Å². The van der Waals surface area contributed by atoms with Gasteiger partial charge in [-0.3, -0.25) is 0 Å². The molecule has 0 amide bonds. The minimum Gasteiger partial charge on any atom is -0.486 e. The fraction of sp³-hybridized carbons (Fsp3) is 0.455. The van der Waals surface area contributed by atoms with Crippen LogP contribution in [0.5, 0.6) is 5.75 Å². The van der Waals surface area contributed by atoms with Gasteiger partial charge in [-0.1, -0.05) is 34.1 Å². The Morgan fingerprint density at radius 2 is 2.08 bits per heavy atom. The van der Waals surface area contributed by atoms with Gasteiger partial charge in [0.1, 0.15) is 11.4 Å². The number of ether oxygens (including phenoxy) is 1. The van der Waals surface area contributed by atoms with E-state index in [1.807, 2.05) is 12.1 Å². The highest BCUT2D eigenvalue weighted by Gasteiger charge is 2.34. The van der Waals surface area contributed by atoms with Gasteiger partial charge in [0, 0.05) is 0 Å². The number of alkyl halides is 1. The Bertz CT molecular complexity index is 320. The van der Waals surface area contributed by atoms with E-state index in [1.165, 1.54) is 5.56 Å². The average Bonchev–Trinajstić information content (AvgIpc) is 2.06. The van der Waals surface area contributed by atoms with Crippen molar-refractivity contribution in [2.45, 2.75) is 30.7 Å². The van der Waals surface area contributed by atoms with Crippen molar-refractivity contribution in [1.29, 1.82) is 0 Å². The van der Waals surface area contributed by atoms with Crippen molar-refractivity contribution in [3.63, 3.8) is 0 Å². The van der Waals surface area contributed by atoms with Crippen LogP contribution in [0.15, 0.2) is 24.3 Å². The number of benzene rings is 1. The molecule has 1 aliphatic heterocycles. The number of hydrogen-bond donors (Lipinski definition) is 0. The van der Waals surface area contributed by atoms with E-state index in [0.717, 1.165) is 12.2 Å².